The lowest BCUT2D eigenvalue weighted by molar-refractivity contribution is -0.137. The van der Waals surface area contributed by atoms with E-state index in [1.807, 2.05) is 4.90 Å². The van der Waals surface area contributed by atoms with Gasteiger partial charge in [-0.15, -0.1) is 11.8 Å². The summed E-state index contributed by atoms with van der Waals surface area (Å²) in [5.41, 5.74) is 0.670. The molecule has 2 aliphatic heterocycles. The summed E-state index contributed by atoms with van der Waals surface area (Å²) >= 11 is 1.39. The van der Waals surface area contributed by atoms with Gasteiger partial charge in [0.1, 0.15) is 0 Å². The van der Waals surface area contributed by atoms with Crippen molar-refractivity contribution < 1.29 is 22.8 Å². The van der Waals surface area contributed by atoms with Gasteiger partial charge in [0.05, 0.1) is 27.9 Å². The van der Waals surface area contributed by atoms with Crippen molar-refractivity contribution in [1.29, 1.82) is 0 Å². The molecule has 2 N–H and O–H groups in total. The molecule has 158 valence electrons. The second-order valence-electron chi connectivity index (χ2n) is 7.34. The smallest absolute Gasteiger partial charge is 0.370 e. The number of thioether (sulfide) groups is 1. The maximum absolute atomic E-state index is 13.2. The normalized spacial score (nSPS) is 18.7. The predicted octanol–water partition coefficient (Wildman–Crippen LogP) is 4.99. The van der Waals surface area contributed by atoms with E-state index in [0.29, 0.717) is 11.4 Å². The topological polar surface area (TPSA) is 61.4 Å². The van der Waals surface area contributed by atoms with Gasteiger partial charge in [-0.05, 0) is 56.2 Å². The van der Waals surface area contributed by atoms with E-state index in [2.05, 4.69) is 10.6 Å². The van der Waals surface area contributed by atoms with E-state index < -0.39 is 17.6 Å². The van der Waals surface area contributed by atoms with Crippen LogP contribution >= 0.6 is 11.8 Å². The molecule has 1 atom stereocenters. The van der Waals surface area contributed by atoms with Crippen LogP contribution in [-0.4, -0.2) is 30.2 Å². The number of benzene rings is 2. The average Bonchev–Trinajstić information content (AvgIpc) is 3.22. The maximum Gasteiger partial charge on any atom is 0.416 e. The molecule has 30 heavy (non-hydrogen) atoms. The van der Waals surface area contributed by atoms with Crippen LogP contribution in [0.5, 0.6) is 0 Å². The van der Waals surface area contributed by atoms with Crippen LogP contribution in [-0.2, 0) is 11.0 Å². The summed E-state index contributed by atoms with van der Waals surface area (Å²) < 4.78 is 39.7. The van der Waals surface area contributed by atoms with Crippen LogP contribution in [0.1, 0.15) is 35.7 Å². The standard InChI is InChI=1S/C21H20F3N3O2S/c1-12-19(28)26-16-10-13(4-7-18(16)30-12)20(29)25-15-11-14(21(22,23)24)5-6-17(15)27-8-2-3-9-27/h4-7,10-12H,2-3,8-9H2,1H3,(H,25,29)(H,26,28)/t12-/m1/s1. The number of anilines is 3. The number of amides is 2. The third kappa shape index (κ3) is 4.12. The van der Waals surface area contributed by atoms with Gasteiger partial charge in [-0.2, -0.15) is 13.2 Å². The van der Waals surface area contributed by atoms with Crippen LogP contribution in [0.15, 0.2) is 41.3 Å². The molecule has 0 saturated carbocycles. The number of halogens is 3. The van der Waals surface area contributed by atoms with E-state index >= 15 is 0 Å². The summed E-state index contributed by atoms with van der Waals surface area (Å²) in [6.07, 6.45) is -2.60. The Bertz CT molecular complexity index is 1000. The summed E-state index contributed by atoms with van der Waals surface area (Å²) in [5.74, 6) is -0.685. The van der Waals surface area contributed by atoms with Crippen LogP contribution in [0.2, 0.25) is 0 Å². The Morgan fingerprint density at radius 3 is 2.60 bits per heavy atom. The summed E-state index contributed by atoms with van der Waals surface area (Å²) in [5, 5.41) is 5.17. The maximum atomic E-state index is 13.2. The number of hydrogen-bond donors (Lipinski definition) is 2. The molecule has 2 aliphatic rings. The SMILES string of the molecule is C[C@H]1Sc2ccc(C(=O)Nc3cc(C(F)(F)F)ccc3N3CCCC3)cc2NC1=O. The first kappa shape index (κ1) is 20.6. The average molecular weight is 435 g/mol. The lowest BCUT2D eigenvalue weighted by atomic mass is 10.1. The highest BCUT2D eigenvalue weighted by atomic mass is 32.2. The molecule has 0 aromatic heterocycles. The minimum Gasteiger partial charge on any atom is -0.370 e. The first-order valence-electron chi connectivity index (χ1n) is 9.61. The number of hydrogen-bond acceptors (Lipinski definition) is 4. The summed E-state index contributed by atoms with van der Waals surface area (Å²) in [6.45, 7) is 3.25. The zero-order chi connectivity index (χ0) is 21.5. The molecule has 1 saturated heterocycles. The Morgan fingerprint density at radius 2 is 1.90 bits per heavy atom. The molecule has 0 unspecified atom stereocenters. The third-order valence-electron chi connectivity index (χ3n) is 5.19. The van der Waals surface area contributed by atoms with Gasteiger partial charge >= 0.3 is 6.18 Å². The fourth-order valence-corrected chi connectivity index (χ4v) is 4.52. The predicted molar refractivity (Wildman–Crippen MR) is 111 cm³/mol. The molecule has 9 heteroatoms. The van der Waals surface area contributed by atoms with Gasteiger partial charge in [-0.3, -0.25) is 9.59 Å². The molecule has 2 aromatic rings. The number of alkyl halides is 3. The number of nitrogens with zero attached hydrogens (tertiary/aromatic N) is 1. The van der Waals surface area contributed by atoms with E-state index in [9.17, 15) is 22.8 Å². The van der Waals surface area contributed by atoms with Gasteiger partial charge in [0, 0.05) is 23.5 Å². The molecule has 0 radical (unpaired) electrons. The minimum atomic E-state index is -4.51. The Hall–Kier alpha value is -2.68. The highest BCUT2D eigenvalue weighted by Crippen LogP contribution is 2.38. The largest absolute Gasteiger partial charge is 0.416 e. The fourth-order valence-electron chi connectivity index (χ4n) is 3.59. The van der Waals surface area contributed by atoms with Crippen LogP contribution in [0.25, 0.3) is 0 Å². The molecule has 2 amide bonds. The van der Waals surface area contributed by atoms with E-state index in [-0.39, 0.29) is 22.4 Å². The van der Waals surface area contributed by atoms with Gasteiger partial charge in [0.15, 0.2) is 0 Å². The molecule has 1 fully saturated rings. The van der Waals surface area contributed by atoms with E-state index in [1.165, 1.54) is 17.8 Å². The molecule has 5 nitrogen and oxygen atoms in total. The monoisotopic (exact) mass is 435 g/mol. The Balaban J connectivity index is 1.64. The van der Waals surface area contributed by atoms with Crippen molar-refractivity contribution >= 4 is 40.6 Å². The fraction of sp³-hybridized carbons (Fsp3) is 0.333. The first-order valence-corrected chi connectivity index (χ1v) is 10.5. The quantitative estimate of drug-likeness (QED) is 0.713. The van der Waals surface area contributed by atoms with Crippen LogP contribution in [0.4, 0.5) is 30.2 Å². The van der Waals surface area contributed by atoms with Gasteiger partial charge in [0.2, 0.25) is 5.91 Å². The molecule has 2 heterocycles. The van der Waals surface area contributed by atoms with Gasteiger partial charge in [-0.1, -0.05) is 0 Å². The van der Waals surface area contributed by atoms with Gasteiger partial charge in [0.25, 0.3) is 5.91 Å². The molecule has 2 aromatic carbocycles. The van der Waals surface area contributed by atoms with Crippen molar-refractivity contribution in [3.63, 3.8) is 0 Å². The van der Waals surface area contributed by atoms with Crippen LogP contribution in [0, 0.1) is 0 Å². The second kappa shape index (κ2) is 7.86. The van der Waals surface area contributed by atoms with Crippen molar-refractivity contribution in [3.8, 4) is 0 Å². The number of nitrogens with one attached hydrogen (secondary N) is 2. The van der Waals surface area contributed by atoms with Crippen LogP contribution in [0.3, 0.4) is 0 Å². The molecule has 0 aliphatic carbocycles. The van der Waals surface area contributed by atoms with E-state index in [0.717, 1.165) is 43.0 Å². The molecule has 0 spiro atoms. The van der Waals surface area contributed by atoms with Gasteiger partial charge < -0.3 is 15.5 Å². The first-order chi connectivity index (χ1) is 14.2. The highest BCUT2D eigenvalue weighted by molar-refractivity contribution is 8.00. The van der Waals surface area contributed by atoms with Crippen LogP contribution < -0.4 is 15.5 Å². The zero-order valence-electron chi connectivity index (χ0n) is 16.2. The van der Waals surface area contributed by atoms with E-state index in [4.69, 9.17) is 0 Å². The molecular formula is C21H20F3N3O2S. The summed E-state index contributed by atoms with van der Waals surface area (Å²) in [4.78, 5) is 27.6. The van der Waals surface area contributed by atoms with Crippen molar-refractivity contribution in [3.05, 3.63) is 47.5 Å². The van der Waals surface area contributed by atoms with Crippen molar-refractivity contribution in [2.45, 2.75) is 36.1 Å². The summed E-state index contributed by atoms with van der Waals surface area (Å²) in [6, 6.07) is 8.31. The molecular weight excluding hydrogens is 415 g/mol. The van der Waals surface area contributed by atoms with Crippen molar-refractivity contribution in [2.24, 2.45) is 0 Å². The Morgan fingerprint density at radius 1 is 1.17 bits per heavy atom. The second-order valence-corrected chi connectivity index (χ2v) is 8.72. The van der Waals surface area contributed by atoms with E-state index in [1.54, 1.807) is 25.1 Å². The van der Waals surface area contributed by atoms with Crippen molar-refractivity contribution in [1.82, 2.24) is 0 Å². The lowest BCUT2D eigenvalue weighted by Gasteiger charge is -2.23. The number of fused-ring (bicyclic) bond motifs is 1. The molecule has 0 bridgehead atoms. The Labute approximate surface area is 176 Å². The summed E-state index contributed by atoms with van der Waals surface area (Å²) in [7, 11) is 0. The zero-order valence-corrected chi connectivity index (χ0v) is 17.0. The Kier molecular flexibility index (Phi) is 5.40. The lowest BCUT2D eigenvalue weighted by Crippen LogP contribution is -2.27. The minimum absolute atomic E-state index is 0.126. The highest BCUT2D eigenvalue weighted by Gasteiger charge is 2.32. The number of rotatable bonds is 3. The van der Waals surface area contributed by atoms with Gasteiger partial charge in [-0.25, -0.2) is 0 Å². The number of carbonyl (C=O) groups excluding carboxylic acids is 2. The molecule has 4 rings (SSSR count). The van der Waals surface area contributed by atoms with Crippen molar-refractivity contribution in [2.75, 3.05) is 28.6 Å². The number of carbonyl (C=O) groups is 2. The third-order valence-corrected chi connectivity index (χ3v) is 6.37.